The first-order valence-corrected chi connectivity index (χ1v) is 6.77. The summed E-state index contributed by atoms with van der Waals surface area (Å²) in [7, 11) is 0. The van der Waals surface area contributed by atoms with E-state index in [1.54, 1.807) is 6.07 Å². The standard InChI is InChI=1S/C12H9BrF3NS/c13-8-5-9(18-7-8)6-17-11-4-2-1-3-10(11)12(14,15)16/h1-5,7,17H,6H2. The van der Waals surface area contributed by atoms with Crippen molar-refractivity contribution in [3.63, 3.8) is 0 Å². The smallest absolute Gasteiger partial charge is 0.380 e. The molecule has 0 unspecified atom stereocenters. The SMILES string of the molecule is FC(F)(F)c1ccccc1NCc1cc(Br)cs1. The molecule has 1 nitrogen and oxygen atoms in total. The van der Waals surface area contributed by atoms with Gasteiger partial charge in [0.2, 0.25) is 0 Å². The Morgan fingerprint density at radius 1 is 1.22 bits per heavy atom. The van der Waals surface area contributed by atoms with E-state index in [1.165, 1.54) is 23.5 Å². The first kappa shape index (κ1) is 13.4. The van der Waals surface area contributed by atoms with E-state index in [4.69, 9.17) is 0 Å². The highest BCUT2D eigenvalue weighted by Gasteiger charge is 2.32. The van der Waals surface area contributed by atoms with Crippen LogP contribution >= 0.6 is 27.3 Å². The Hall–Kier alpha value is -1.01. The van der Waals surface area contributed by atoms with Crippen LogP contribution in [0.2, 0.25) is 0 Å². The maximum absolute atomic E-state index is 12.7. The molecule has 2 rings (SSSR count). The Morgan fingerprint density at radius 2 is 1.94 bits per heavy atom. The van der Waals surface area contributed by atoms with E-state index in [1.807, 2.05) is 11.4 Å². The highest BCUT2D eigenvalue weighted by molar-refractivity contribution is 9.10. The Morgan fingerprint density at radius 3 is 2.56 bits per heavy atom. The number of benzene rings is 1. The summed E-state index contributed by atoms with van der Waals surface area (Å²) >= 11 is 4.80. The molecular formula is C12H9BrF3NS. The number of hydrogen-bond donors (Lipinski definition) is 1. The van der Waals surface area contributed by atoms with Crippen molar-refractivity contribution in [2.24, 2.45) is 0 Å². The van der Waals surface area contributed by atoms with Gasteiger partial charge < -0.3 is 5.32 Å². The summed E-state index contributed by atoms with van der Waals surface area (Å²) in [4.78, 5) is 0.971. The second-order valence-corrected chi connectivity index (χ2v) is 5.54. The minimum Gasteiger partial charge on any atom is -0.380 e. The van der Waals surface area contributed by atoms with Gasteiger partial charge in [-0.3, -0.25) is 0 Å². The van der Waals surface area contributed by atoms with Gasteiger partial charge in [0, 0.05) is 27.0 Å². The highest BCUT2D eigenvalue weighted by Crippen LogP contribution is 2.34. The second-order valence-electron chi connectivity index (χ2n) is 3.63. The Kier molecular flexibility index (Phi) is 3.97. The van der Waals surface area contributed by atoms with Crippen molar-refractivity contribution in [3.8, 4) is 0 Å². The van der Waals surface area contributed by atoms with Crippen molar-refractivity contribution >= 4 is 33.0 Å². The Balaban J connectivity index is 2.14. The van der Waals surface area contributed by atoms with E-state index in [0.29, 0.717) is 6.54 Å². The molecule has 0 saturated heterocycles. The molecule has 1 heterocycles. The predicted molar refractivity (Wildman–Crippen MR) is 70.8 cm³/mol. The van der Waals surface area contributed by atoms with Crippen molar-refractivity contribution < 1.29 is 13.2 Å². The molecule has 0 amide bonds. The number of anilines is 1. The molecule has 1 N–H and O–H groups in total. The third-order valence-electron chi connectivity index (χ3n) is 2.31. The van der Waals surface area contributed by atoms with Crippen molar-refractivity contribution in [1.82, 2.24) is 0 Å². The molecule has 18 heavy (non-hydrogen) atoms. The molecule has 0 aliphatic rings. The maximum atomic E-state index is 12.7. The summed E-state index contributed by atoms with van der Waals surface area (Å²) in [5.74, 6) is 0. The molecule has 0 radical (unpaired) electrons. The average Bonchev–Trinajstić information content (AvgIpc) is 2.72. The average molecular weight is 336 g/mol. The molecule has 1 aromatic heterocycles. The largest absolute Gasteiger partial charge is 0.418 e. The molecule has 1 aromatic carbocycles. The number of alkyl halides is 3. The summed E-state index contributed by atoms with van der Waals surface area (Å²) < 4.78 is 39.1. The first-order valence-electron chi connectivity index (χ1n) is 5.10. The molecule has 0 aliphatic carbocycles. The van der Waals surface area contributed by atoms with Crippen LogP contribution in [0.25, 0.3) is 0 Å². The topological polar surface area (TPSA) is 12.0 Å². The van der Waals surface area contributed by atoms with Crippen LogP contribution in [0, 0.1) is 0 Å². The minimum atomic E-state index is -4.33. The van der Waals surface area contributed by atoms with Crippen LogP contribution in [0.1, 0.15) is 10.4 Å². The quantitative estimate of drug-likeness (QED) is 0.818. The molecule has 96 valence electrons. The van der Waals surface area contributed by atoms with Gasteiger partial charge in [-0.15, -0.1) is 11.3 Å². The van der Waals surface area contributed by atoms with E-state index in [9.17, 15) is 13.2 Å². The van der Waals surface area contributed by atoms with E-state index < -0.39 is 11.7 Å². The van der Waals surface area contributed by atoms with Crippen LogP contribution in [-0.2, 0) is 12.7 Å². The molecule has 0 fully saturated rings. The van der Waals surface area contributed by atoms with Gasteiger partial charge in [-0.25, -0.2) is 0 Å². The van der Waals surface area contributed by atoms with Gasteiger partial charge in [0.25, 0.3) is 0 Å². The van der Waals surface area contributed by atoms with Crippen LogP contribution < -0.4 is 5.32 Å². The molecule has 6 heteroatoms. The lowest BCUT2D eigenvalue weighted by Gasteiger charge is -2.13. The fraction of sp³-hybridized carbons (Fsp3) is 0.167. The highest BCUT2D eigenvalue weighted by atomic mass is 79.9. The number of halogens is 4. The normalized spacial score (nSPS) is 11.6. The lowest BCUT2D eigenvalue weighted by molar-refractivity contribution is -0.136. The van der Waals surface area contributed by atoms with Crippen molar-refractivity contribution in [1.29, 1.82) is 0 Å². The fourth-order valence-electron chi connectivity index (χ4n) is 1.51. The molecule has 0 bridgehead atoms. The zero-order valence-corrected chi connectivity index (χ0v) is 11.5. The third kappa shape index (κ3) is 3.26. The van der Waals surface area contributed by atoms with Gasteiger partial charge >= 0.3 is 6.18 Å². The number of rotatable bonds is 3. The van der Waals surface area contributed by atoms with Gasteiger partial charge in [-0.05, 0) is 34.1 Å². The van der Waals surface area contributed by atoms with E-state index in [0.717, 1.165) is 15.4 Å². The molecular weight excluding hydrogens is 327 g/mol. The molecule has 0 saturated carbocycles. The van der Waals surface area contributed by atoms with Crippen LogP contribution in [-0.4, -0.2) is 0 Å². The Labute approximate surface area is 115 Å². The summed E-state index contributed by atoms with van der Waals surface area (Å²) in [6, 6.07) is 7.36. The summed E-state index contributed by atoms with van der Waals surface area (Å²) in [6.07, 6.45) is -4.33. The fourth-order valence-corrected chi connectivity index (χ4v) is 2.90. The van der Waals surface area contributed by atoms with Crippen molar-refractivity contribution in [2.45, 2.75) is 12.7 Å². The van der Waals surface area contributed by atoms with E-state index >= 15 is 0 Å². The summed E-state index contributed by atoms with van der Waals surface area (Å²) in [5.41, 5.74) is -0.532. The number of hydrogen-bond acceptors (Lipinski definition) is 2. The zero-order valence-electron chi connectivity index (χ0n) is 9.09. The molecule has 0 aliphatic heterocycles. The molecule has 0 spiro atoms. The van der Waals surface area contributed by atoms with Gasteiger partial charge in [0.1, 0.15) is 0 Å². The van der Waals surface area contributed by atoms with Gasteiger partial charge in [-0.2, -0.15) is 13.2 Å². The summed E-state index contributed by atoms with van der Waals surface area (Å²) in [5, 5.41) is 4.71. The second kappa shape index (κ2) is 5.32. The van der Waals surface area contributed by atoms with E-state index in [2.05, 4.69) is 21.2 Å². The first-order chi connectivity index (χ1) is 8.47. The maximum Gasteiger partial charge on any atom is 0.418 e. The minimum absolute atomic E-state index is 0.106. The van der Waals surface area contributed by atoms with Crippen LogP contribution in [0.3, 0.4) is 0 Å². The lowest BCUT2D eigenvalue weighted by Crippen LogP contribution is -2.10. The van der Waals surface area contributed by atoms with Gasteiger partial charge in [-0.1, -0.05) is 12.1 Å². The van der Waals surface area contributed by atoms with Crippen molar-refractivity contribution in [2.75, 3.05) is 5.32 Å². The van der Waals surface area contributed by atoms with Crippen LogP contribution in [0.15, 0.2) is 40.2 Å². The third-order valence-corrected chi connectivity index (χ3v) is 4.00. The lowest BCUT2D eigenvalue weighted by atomic mass is 10.1. The van der Waals surface area contributed by atoms with Gasteiger partial charge in [0.05, 0.1) is 5.56 Å². The Bertz CT molecular complexity index is 536. The molecule has 0 atom stereocenters. The zero-order chi connectivity index (χ0) is 13.2. The number of para-hydroxylation sites is 1. The summed E-state index contributed by atoms with van der Waals surface area (Å²) in [6.45, 7) is 0.378. The number of thiophene rings is 1. The molecule has 2 aromatic rings. The predicted octanol–water partition coefficient (Wildman–Crippen LogP) is 5.14. The van der Waals surface area contributed by atoms with Crippen LogP contribution in [0.4, 0.5) is 18.9 Å². The van der Waals surface area contributed by atoms with Crippen molar-refractivity contribution in [3.05, 3.63) is 50.6 Å². The number of nitrogens with one attached hydrogen (secondary N) is 1. The van der Waals surface area contributed by atoms with Crippen LogP contribution in [0.5, 0.6) is 0 Å². The van der Waals surface area contributed by atoms with E-state index in [-0.39, 0.29) is 5.69 Å². The monoisotopic (exact) mass is 335 g/mol. The van der Waals surface area contributed by atoms with Gasteiger partial charge in [0.15, 0.2) is 0 Å².